The Morgan fingerprint density at radius 1 is 1.18 bits per heavy atom. The SMILES string of the molecule is CCOC(C)(OCC)[SiH2]CC1CC2C=CC1C2. The van der Waals surface area contributed by atoms with Crippen LogP contribution in [0, 0.1) is 17.8 Å². The first-order chi connectivity index (χ1) is 8.17. The van der Waals surface area contributed by atoms with E-state index in [0.29, 0.717) is 0 Å². The summed E-state index contributed by atoms with van der Waals surface area (Å²) in [6.45, 7) is 7.80. The summed E-state index contributed by atoms with van der Waals surface area (Å²) in [7, 11) is -0.321. The van der Waals surface area contributed by atoms with E-state index >= 15 is 0 Å². The van der Waals surface area contributed by atoms with Crippen LogP contribution in [0.1, 0.15) is 33.6 Å². The van der Waals surface area contributed by atoms with Gasteiger partial charge in [-0.3, -0.25) is 0 Å². The van der Waals surface area contributed by atoms with Crippen LogP contribution in [0.15, 0.2) is 12.2 Å². The quantitative estimate of drug-likeness (QED) is 0.395. The highest BCUT2D eigenvalue weighted by Gasteiger charge is 2.37. The molecule has 0 aliphatic heterocycles. The van der Waals surface area contributed by atoms with Crippen LogP contribution >= 0.6 is 0 Å². The summed E-state index contributed by atoms with van der Waals surface area (Å²) < 4.78 is 11.7. The molecule has 0 spiro atoms. The molecule has 0 amide bonds. The minimum absolute atomic E-state index is 0.227. The van der Waals surface area contributed by atoms with Crippen molar-refractivity contribution in [3.05, 3.63) is 12.2 Å². The second-order valence-corrected chi connectivity index (χ2v) is 7.94. The molecule has 2 bridgehead atoms. The third-order valence-electron chi connectivity index (χ3n) is 4.28. The second-order valence-electron chi connectivity index (χ2n) is 5.58. The van der Waals surface area contributed by atoms with E-state index in [1.54, 1.807) is 0 Å². The average Bonchev–Trinajstić information content (AvgIpc) is 2.89. The summed E-state index contributed by atoms with van der Waals surface area (Å²) in [6, 6.07) is 1.38. The van der Waals surface area contributed by atoms with E-state index in [1.807, 2.05) is 0 Å². The number of hydrogen-bond acceptors (Lipinski definition) is 2. The van der Waals surface area contributed by atoms with Crippen molar-refractivity contribution in [2.45, 2.75) is 45.1 Å². The second kappa shape index (κ2) is 5.68. The molecule has 2 nitrogen and oxygen atoms in total. The van der Waals surface area contributed by atoms with Crippen LogP contribution in [-0.2, 0) is 9.47 Å². The molecule has 1 fully saturated rings. The zero-order valence-corrected chi connectivity index (χ0v) is 12.9. The molecule has 2 rings (SSSR count). The fourth-order valence-corrected chi connectivity index (χ4v) is 5.73. The van der Waals surface area contributed by atoms with Gasteiger partial charge in [0.25, 0.3) is 0 Å². The molecular formula is C14H26O2Si. The zero-order chi connectivity index (χ0) is 12.3. The first-order valence-electron chi connectivity index (χ1n) is 7.13. The van der Waals surface area contributed by atoms with Gasteiger partial charge in [-0.25, -0.2) is 0 Å². The van der Waals surface area contributed by atoms with Gasteiger partial charge in [0.2, 0.25) is 0 Å². The van der Waals surface area contributed by atoms with Crippen molar-refractivity contribution in [3.63, 3.8) is 0 Å². The Balaban J connectivity index is 1.81. The van der Waals surface area contributed by atoms with Crippen molar-refractivity contribution in [1.29, 1.82) is 0 Å². The molecule has 0 aromatic rings. The van der Waals surface area contributed by atoms with Crippen molar-refractivity contribution in [2.24, 2.45) is 17.8 Å². The van der Waals surface area contributed by atoms with Gasteiger partial charge >= 0.3 is 0 Å². The van der Waals surface area contributed by atoms with Gasteiger partial charge in [0.05, 0.1) is 9.52 Å². The molecule has 98 valence electrons. The van der Waals surface area contributed by atoms with Crippen LogP contribution in [0.4, 0.5) is 0 Å². The average molecular weight is 254 g/mol. The summed E-state index contributed by atoms with van der Waals surface area (Å²) in [5.74, 6) is 2.70. The fraction of sp³-hybridized carbons (Fsp3) is 0.857. The minimum Gasteiger partial charge on any atom is -0.355 e. The van der Waals surface area contributed by atoms with Crippen LogP contribution in [0.3, 0.4) is 0 Å². The summed E-state index contributed by atoms with van der Waals surface area (Å²) in [5, 5.41) is 0. The number of ether oxygens (including phenoxy) is 2. The molecule has 0 aromatic carbocycles. The topological polar surface area (TPSA) is 18.5 Å². The van der Waals surface area contributed by atoms with E-state index < -0.39 is 0 Å². The van der Waals surface area contributed by atoms with Crippen molar-refractivity contribution >= 4 is 9.52 Å². The lowest BCUT2D eigenvalue weighted by molar-refractivity contribution is -0.163. The Labute approximate surface area is 108 Å². The lowest BCUT2D eigenvalue weighted by atomic mass is 9.96. The third-order valence-corrected chi connectivity index (χ3v) is 6.63. The highest BCUT2D eigenvalue weighted by atomic mass is 28.2. The fourth-order valence-electron chi connectivity index (χ4n) is 3.47. The molecule has 2 aliphatic rings. The van der Waals surface area contributed by atoms with Crippen molar-refractivity contribution < 1.29 is 9.47 Å². The van der Waals surface area contributed by atoms with Crippen molar-refractivity contribution in [3.8, 4) is 0 Å². The molecule has 17 heavy (non-hydrogen) atoms. The van der Waals surface area contributed by atoms with E-state index in [1.165, 1.54) is 18.9 Å². The van der Waals surface area contributed by atoms with Gasteiger partial charge in [-0.05, 0) is 51.4 Å². The van der Waals surface area contributed by atoms with Gasteiger partial charge in [0.1, 0.15) is 5.41 Å². The first kappa shape index (κ1) is 13.3. The summed E-state index contributed by atoms with van der Waals surface area (Å²) in [6.07, 6.45) is 7.71. The van der Waals surface area contributed by atoms with Crippen LogP contribution < -0.4 is 0 Å². The Morgan fingerprint density at radius 2 is 1.88 bits per heavy atom. The van der Waals surface area contributed by atoms with E-state index in [9.17, 15) is 0 Å². The van der Waals surface area contributed by atoms with Crippen molar-refractivity contribution in [2.75, 3.05) is 13.2 Å². The van der Waals surface area contributed by atoms with Crippen LogP contribution in [0.2, 0.25) is 6.04 Å². The van der Waals surface area contributed by atoms with E-state index in [4.69, 9.17) is 9.47 Å². The maximum Gasteiger partial charge on any atom is 0.142 e. The molecule has 3 unspecified atom stereocenters. The van der Waals surface area contributed by atoms with Gasteiger partial charge in [-0.1, -0.05) is 18.2 Å². The summed E-state index contributed by atoms with van der Waals surface area (Å²) in [5.41, 5.74) is -0.227. The highest BCUT2D eigenvalue weighted by Crippen LogP contribution is 2.45. The molecule has 3 atom stereocenters. The Hall–Kier alpha value is -0.123. The summed E-state index contributed by atoms with van der Waals surface area (Å²) >= 11 is 0. The lowest BCUT2D eigenvalue weighted by Gasteiger charge is -2.31. The number of hydrogen-bond donors (Lipinski definition) is 0. The molecule has 3 heteroatoms. The number of rotatable bonds is 7. The van der Waals surface area contributed by atoms with Crippen LogP contribution in [-0.4, -0.2) is 28.1 Å². The van der Waals surface area contributed by atoms with E-state index in [0.717, 1.165) is 31.0 Å². The van der Waals surface area contributed by atoms with Gasteiger partial charge in [-0.15, -0.1) is 0 Å². The number of allylic oxidation sites excluding steroid dienone is 2. The molecule has 0 radical (unpaired) electrons. The first-order valence-corrected chi connectivity index (χ1v) is 8.84. The molecule has 0 N–H and O–H groups in total. The maximum atomic E-state index is 5.83. The molecule has 0 aromatic heterocycles. The van der Waals surface area contributed by atoms with Crippen molar-refractivity contribution in [1.82, 2.24) is 0 Å². The monoisotopic (exact) mass is 254 g/mol. The largest absolute Gasteiger partial charge is 0.355 e. The normalized spacial score (nSPS) is 32.1. The molecule has 1 saturated carbocycles. The van der Waals surface area contributed by atoms with E-state index in [2.05, 4.69) is 32.9 Å². The lowest BCUT2D eigenvalue weighted by Crippen LogP contribution is -2.40. The van der Waals surface area contributed by atoms with Gasteiger partial charge < -0.3 is 9.47 Å². The molecule has 0 heterocycles. The van der Waals surface area contributed by atoms with Gasteiger partial charge in [0.15, 0.2) is 0 Å². The molecule has 2 aliphatic carbocycles. The minimum atomic E-state index is -0.321. The van der Waals surface area contributed by atoms with Crippen LogP contribution in [0.5, 0.6) is 0 Å². The molecular weight excluding hydrogens is 228 g/mol. The van der Waals surface area contributed by atoms with E-state index in [-0.39, 0.29) is 14.9 Å². The van der Waals surface area contributed by atoms with Gasteiger partial charge in [-0.2, -0.15) is 0 Å². The Morgan fingerprint density at radius 3 is 2.35 bits per heavy atom. The van der Waals surface area contributed by atoms with Crippen LogP contribution in [0.25, 0.3) is 0 Å². The smallest absolute Gasteiger partial charge is 0.142 e. The Kier molecular flexibility index (Phi) is 4.45. The highest BCUT2D eigenvalue weighted by molar-refractivity contribution is 6.38. The Bertz CT molecular complexity index is 271. The van der Waals surface area contributed by atoms with Gasteiger partial charge in [0, 0.05) is 13.2 Å². The molecule has 0 saturated heterocycles. The summed E-state index contributed by atoms with van der Waals surface area (Å²) in [4.78, 5) is 0. The zero-order valence-electron chi connectivity index (χ0n) is 11.4. The third kappa shape index (κ3) is 3.21. The predicted octanol–water partition coefficient (Wildman–Crippen LogP) is 2.53. The predicted molar refractivity (Wildman–Crippen MR) is 73.9 cm³/mol. The maximum absolute atomic E-state index is 5.83. The number of fused-ring (bicyclic) bond motifs is 2. The standard InChI is InChI=1S/C14H26O2Si/c1-4-15-14(3,16-5-2)17-10-13-9-11-6-7-12(13)8-11/h6-7,11-13H,4-5,8-10,17H2,1-3H3.